The second-order valence-electron chi connectivity index (χ2n) is 6.75. The highest BCUT2D eigenvalue weighted by molar-refractivity contribution is 6.32. The van der Waals surface area contributed by atoms with Gasteiger partial charge in [0.2, 0.25) is 0 Å². The molecule has 0 saturated carbocycles. The summed E-state index contributed by atoms with van der Waals surface area (Å²) >= 11 is 5.90. The smallest absolute Gasteiger partial charge is 0.338 e. The zero-order valence-electron chi connectivity index (χ0n) is 16.5. The van der Waals surface area contributed by atoms with Gasteiger partial charge in [-0.05, 0) is 43.7 Å². The molecule has 0 aliphatic carbocycles. The van der Waals surface area contributed by atoms with Crippen molar-refractivity contribution in [2.24, 2.45) is 0 Å². The first-order valence-corrected chi connectivity index (χ1v) is 9.84. The number of amides is 3. The van der Waals surface area contributed by atoms with Gasteiger partial charge >= 0.3 is 5.97 Å². The van der Waals surface area contributed by atoms with E-state index in [0.29, 0.717) is 18.7 Å². The first kappa shape index (κ1) is 21.4. The molecular weight excluding hydrogens is 410 g/mol. The molecule has 1 N–H and O–H groups in total. The van der Waals surface area contributed by atoms with Crippen molar-refractivity contribution in [2.75, 3.05) is 11.9 Å². The zero-order valence-corrected chi connectivity index (χ0v) is 17.2. The van der Waals surface area contributed by atoms with E-state index in [-0.39, 0.29) is 27.8 Å². The molecule has 3 rings (SSSR count). The number of hydrogen-bond acceptors (Lipinski definition) is 6. The maximum absolute atomic E-state index is 12.5. The van der Waals surface area contributed by atoms with Gasteiger partial charge in [0.25, 0.3) is 17.7 Å². The summed E-state index contributed by atoms with van der Waals surface area (Å²) in [5.41, 5.74) is 0.779. The van der Waals surface area contributed by atoms with Gasteiger partial charge in [0, 0.05) is 12.7 Å². The van der Waals surface area contributed by atoms with E-state index >= 15 is 0 Å². The molecule has 2 aromatic rings. The van der Waals surface area contributed by atoms with Crippen LogP contribution in [0.15, 0.2) is 36.5 Å². The van der Waals surface area contributed by atoms with Crippen molar-refractivity contribution in [1.82, 2.24) is 9.88 Å². The predicted octanol–water partition coefficient (Wildman–Crippen LogP) is 3.32. The minimum atomic E-state index is -1.12. The molecule has 0 saturated heterocycles. The molecule has 1 atom stereocenters. The third-order valence-electron chi connectivity index (χ3n) is 4.61. The van der Waals surface area contributed by atoms with E-state index in [1.165, 1.54) is 36.2 Å². The maximum Gasteiger partial charge on any atom is 0.338 e. The molecule has 30 heavy (non-hydrogen) atoms. The van der Waals surface area contributed by atoms with Crippen molar-refractivity contribution in [2.45, 2.75) is 32.8 Å². The molecule has 1 aliphatic rings. The average Bonchev–Trinajstić information content (AvgIpc) is 2.97. The fourth-order valence-corrected chi connectivity index (χ4v) is 3.10. The van der Waals surface area contributed by atoms with Crippen LogP contribution in [-0.2, 0) is 9.53 Å². The number of nitrogens with zero attached hydrogens (tertiary/aromatic N) is 2. The highest BCUT2D eigenvalue weighted by Gasteiger charge is 2.35. The number of benzene rings is 1. The number of halogens is 1. The summed E-state index contributed by atoms with van der Waals surface area (Å²) in [5, 5.41) is 2.64. The van der Waals surface area contributed by atoms with Crippen LogP contribution >= 0.6 is 11.6 Å². The Morgan fingerprint density at radius 1 is 1.20 bits per heavy atom. The van der Waals surface area contributed by atoms with Crippen LogP contribution in [0.3, 0.4) is 0 Å². The first-order valence-electron chi connectivity index (χ1n) is 9.46. The number of anilines is 1. The predicted molar refractivity (Wildman–Crippen MR) is 109 cm³/mol. The lowest BCUT2D eigenvalue weighted by molar-refractivity contribution is -0.123. The zero-order chi connectivity index (χ0) is 21.8. The van der Waals surface area contributed by atoms with Crippen LogP contribution in [0.25, 0.3) is 0 Å². The topological polar surface area (TPSA) is 106 Å². The van der Waals surface area contributed by atoms with Crippen LogP contribution < -0.4 is 5.32 Å². The summed E-state index contributed by atoms with van der Waals surface area (Å²) in [6.07, 6.45) is 1.90. The van der Waals surface area contributed by atoms with Gasteiger partial charge in [-0.25, -0.2) is 9.78 Å². The van der Waals surface area contributed by atoms with Gasteiger partial charge in [0.05, 0.1) is 22.4 Å². The Morgan fingerprint density at radius 3 is 2.63 bits per heavy atom. The fraction of sp³-hybridized carbons (Fsp3) is 0.286. The Kier molecular flexibility index (Phi) is 6.47. The van der Waals surface area contributed by atoms with Crippen LogP contribution in [0.2, 0.25) is 5.15 Å². The van der Waals surface area contributed by atoms with Gasteiger partial charge in [-0.15, -0.1) is 0 Å². The number of pyridine rings is 1. The summed E-state index contributed by atoms with van der Waals surface area (Å²) < 4.78 is 5.20. The van der Waals surface area contributed by atoms with Crippen LogP contribution in [0, 0.1) is 0 Å². The molecule has 0 radical (unpaired) electrons. The SMILES string of the molecule is CCCCN1C(=O)c2ccc(C(=O)OC(C)C(=O)Nc3cccnc3Cl)cc2C1=O. The summed E-state index contributed by atoms with van der Waals surface area (Å²) in [6, 6.07) is 7.32. The van der Waals surface area contributed by atoms with Crippen molar-refractivity contribution < 1.29 is 23.9 Å². The fourth-order valence-electron chi connectivity index (χ4n) is 2.93. The Bertz CT molecular complexity index is 1020. The van der Waals surface area contributed by atoms with E-state index in [1.54, 1.807) is 12.1 Å². The van der Waals surface area contributed by atoms with Gasteiger partial charge in [-0.1, -0.05) is 24.9 Å². The molecule has 0 bridgehead atoms. The largest absolute Gasteiger partial charge is 0.449 e. The molecule has 1 aliphatic heterocycles. The molecular formula is C21H20ClN3O5. The Balaban J connectivity index is 1.69. The second kappa shape index (κ2) is 9.04. The van der Waals surface area contributed by atoms with E-state index in [4.69, 9.17) is 16.3 Å². The number of aromatic nitrogens is 1. The van der Waals surface area contributed by atoms with E-state index < -0.39 is 23.9 Å². The minimum absolute atomic E-state index is 0.0753. The second-order valence-corrected chi connectivity index (χ2v) is 7.11. The number of esters is 1. The number of fused-ring (bicyclic) bond motifs is 1. The normalized spacial score (nSPS) is 13.8. The third-order valence-corrected chi connectivity index (χ3v) is 4.91. The molecule has 1 unspecified atom stereocenters. The van der Waals surface area contributed by atoms with Gasteiger partial charge in [-0.2, -0.15) is 0 Å². The highest BCUT2D eigenvalue weighted by atomic mass is 35.5. The summed E-state index contributed by atoms with van der Waals surface area (Å²) in [6.45, 7) is 3.70. The third kappa shape index (κ3) is 4.33. The molecule has 1 aromatic heterocycles. The summed E-state index contributed by atoms with van der Waals surface area (Å²) in [4.78, 5) is 54.7. The van der Waals surface area contributed by atoms with Gasteiger partial charge in [0.1, 0.15) is 0 Å². The standard InChI is InChI=1S/C21H20ClN3O5/c1-3-4-10-25-19(27)14-8-7-13(11-15(14)20(25)28)21(29)30-12(2)18(26)24-16-6-5-9-23-17(16)22/h5-9,11-12H,3-4,10H2,1-2H3,(H,24,26). The molecule has 2 heterocycles. The van der Waals surface area contributed by atoms with Crippen LogP contribution in [0.5, 0.6) is 0 Å². The van der Waals surface area contributed by atoms with Crippen molar-refractivity contribution in [1.29, 1.82) is 0 Å². The number of nitrogens with one attached hydrogen (secondary N) is 1. The molecule has 3 amide bonds. The molecule has 156 valence electrons. The number of carbonyl (C=O) groups excluding carboxylic acids is 4. The van der Waals surface area contributed by atoms with Crippen LogP contribution in [0.1, 0.15) is 57.8 Å². The molecule has 9 heteroatoms. The van der Waals surface area contributed by atoms with Crippen molar-refractivity contribution in [3.05, 3.63) is 58.4 Å². The number of rotatable bonds is 7. The quantitative estimate of drug-likeness (QED) is 0.411. The number of unbranched alkanes of at least 4 members (excludes halogenated alkanes) is 1. The molecule has 0 fully saturated rings. The Morgan fingerprint density at radius 2 is 1.93 bits per heavy atom. The lowest BCUT2D eigenvalue weighted by Gasteiger charge is -2.14. The highest BCUT2D eigenvalue weighted by Crippen LogP contribution is 2.25. The number of imide groups is 1. The van der Waals surface area contributed by atoms with Crippen molar-refractivity contribution >= 4 is 41.0 Å². The maximum atomic E-state index is 12.5. The van der Waals surface area contributed by atoms with Gasteiger partial charge < -0.3 is 10.1 Å². The van der Waals surface area contributed by atoms with E-state index in [9.17, 15) is 19.2 Å². The van der Waals surface area contributed by atoms with Gasteiger partial charge in [0.15, 0.2) is 11.3 Å². The van der Waals surface area contributed by atoms with Crippen molar-refractivity contribution in [3.63, 3.8) is 0 Å². The lowest BCUT2D eigenvalue weighted by atomic mass is 10.1. The molecule has 1 aromatic carbocycles. The minimum Gasteiger partial charge on any atom is -0.449 e. The average molecular weight is 430 g/mol. The summed E-state index contributed by atoms with van der Waals surface area (Å²) in [7, 11) is 0. The molecule has 8 nitrogen and oxygen atoms in total. The Labute approximate surface area is 178 Å². The van der Waals surface area contributed by atoms with Crippen molar-refractivity contribution in [3.8, 4) is 0 Å². The lowest BCUT2D eigenvalue weighted by Crippen LogP contribution is -2.30. The van der Waals surface area contributed by atoms with Gasteiger partial charge in [-0.3, -0.25) is 19.3 Å². The van der Waals surface area contributed by atoms with Crippen LogP contribution in [-0.4, -0.2) is 46.2 Å². The van der Waals surface area contributed by atoms with E-state index in [0.717, 1.165) is 6.42 Å². The number of ether oxygens (including phenoxy) is 1. The Hall–Kier alpha value is -3.26. The summed E-state index contributed by atoms with van der Waals surface area (Å²) in [5.74, 6) is -2.18. The van der Waals surface area contributed by atoms with Crippen LogP contribution in [0.4, 0.5) is 5.69 Å². The monoisotopic (exact) mass is 429 g/mol. The molecule has 0 spiro atoms. The number of hydrogen-bond donors (Lipinski definition) is 1. The first-order chi connectivity index (χ1) is 14.3. The van der Waals surface area contributed by atoms with E-state index in [1.807, 2.05) is 6.92 Å². The van der Waals surface area contributed by atoms with E-state index in [2.05, 4.69) is 10.3 Å². The number of carbonyl (C=O) groups is 4.